The molecular formula is C18H22N4O. The molecule has 1 saturated carbocycles. The van der Waals surface area contributed by atoms with E-state index in [2.05, 4.69) is 38.1 Å². The minimum atomic E-state index is 0.656. The van der Waals surface area contributed by atoms with Crippen LogP contribution in [0.3, 0.4) is 0 Å². The molecule has 23 heavy (non-hydrogen) atoms. The Bertz CT molecular complexity index is 669. The van der Waals surface area contributed by atoms with Gasteiger partial charge in [0.1, 0.15) is 5.76 Å². The zero-order chi connectivity index (χ0) is 15.2. The molecule has 5 nitrogen and oxygen atoms in total. The van der Waals surface area contributed by atoms with Crippen LogP contribution in [0.2, 0.25) is 0 Å². The Morgan fingerprint density at radius 2 is 1.87 bits per heavy atom. The zero-order valence-electron chi connectivity index (χ0n) is 13.3. The normalized spacial score (nSPS) is 27.8. The first-order valence-corrected chi connectivity index (χ1v) is 8.67. The molecule has 2 bridgehead atoms. The van der Waals surface area contributed by atoms with Gasteiger partial charge in [0.2, 0.25) is 0 Å². The number of pyridine rings is 1. The quantitative estimate of drug-likeness (QED) is 0.848. The average Bonchev–Trinajstić information content (AvgIpc) is 3.32. The predicted octanol–water partition coefficient (Wildman–Crippen LogP) is 2.41. The van der Waals surface area contributed by atoms with E-state index in [1.807, 2.05) is 12.4 Å². The SMILES string of the molecule is c1cc(CN2CC3CC(C2)N3Cc2cc(C3CC3)on2)ccn1. The molecule has 1 aliphatic carbocycles. The summed E-state index contributed by atoms with van der Waals surface area (Å²) in [6.07, 6.45) is 7.64. The van der Waals surface area contributed by atoms with Crippen molar-refractivity contribution >= 4 is 0 Å². The second-order valence-electron chi connectivity index (χ2n) is 7.26. The first kappa shape index (κ1) is 13.7. The molecule has 4 aliphatic rings. The lowest BCUT2D eigenvalue weighted by atomic mass is 9.87. The summed E-state index contributed by atoms with van der Waals surface area (Å²) in [5.74, 6) is 1.76. The fourth-order valence-corrected chi connectivity index (χ4v) is 4.06. The zero-order valence-corrected chi connectivity index (χ0v) is 13.3. The lowest BCUT2D eigenvalue weighted by Crippen LogP contribution is -2.67. The molecule has 0 aromatic carbocycles. The van der Waals surface area contributed by atoms with E-state index >= 15 is 0 Å². The fourth-order valence-electron chi connectivity index (χ4n) is 4.06. The van der Waals surface area contributed by atoms with Gasteiger partial charge in [0.05, 0.1) is 5.69 Å². The number of hydrogen-bond donors (Lipinski definition) is 0. The van der Waals surface area contributed by atoms with Gasteiger partial charge in [0, 0.05) is 62.6 Å². The van der Waals surface area contributed by atoms with Crippen molar-refractivity contribution in [3.63, 3.8) is 0 Å². The molecule has 2 aromatic heterocycles. The molecule has 2 atom stereocenters. The van der Waals surface area contributed by atoms with Crippen LogP contribution in [0.15, 0.2) is 35.1 Å². The van der Waals surface area contributed by atoms with Crippen molar-refractivity contribution in [3.05, 3.63) is 47.6 Å². The first-order valence-electron chi connectivity index (χ1n) is 8.67. The van der Waals surface area contributed by atoms with Gasteiger partial charge in [-0.05, 0) is 37.0 Å². The van der Waals surface area contributed by atoms with Crippen LogP contribution in [-0.4, -0.2) is 45.1 Å². The Labute approximate surface area is 136 Å². The van der Waals surface area contributed by atoms with Crippen LogP contribution >= 0.6 is 0 Å². The maximum atomic E-state index is 5.49. The van der Waals surface area contributed by atoms with E-state index in [0.717, 1.165) is 37.6 Å². The summed E-state index contributed by atoms with van der Waals surface area (Å²) < 4.78 is 5.49. The Balaban J connectivity index is 1.19. The van der Waals surface area contributed by atoms with E-state index in [0.29, 0.717) is 18.0 Å². The molecule has 5 heterocycles. The monoisotopic (exact) mass is 310 g/mol. The third-order valence-corrected chi connectivity index (χ3v) is 5.48. The second kappa shape index (κ2) is 5.42. The predicted molar refractivity (Wildman–Crippen MR) is 85.7 cm³/mol. The van der Waals surface area contributed by atoms with Crippen molar-refractivity contribution in [1.29, 1.82) is 0 Å². The van der Waals surface area contributed by atoms with Crippen molar-refractivity contribution < 1.29 is 4.52 Å². The average molecular weight is 310 g/mol. The van der Waals surface area contributed by atoms with Crippen LogP contribution in [-0.2, 0) is 13.1 Å². The molecule has 3 saturated heterocycles. The summed E-state index contributed by atoms with van der Waals surface area (Å²) in [7, 11) is 0. The van der Waals surface area contributed by atoms with Crippen LogP contribution in [0.1, 0.15) is 42.2 Å². The number of fused-ring (bicyclic) bond motifs is 2. The van der Waals surface area contributed by atoms with E-state index in [9.17, 15) is 0 Å². The molecular weight excluding hydrogens is 288 g/mol. The summed E-state index contributed by atoms with van der Waals surface area (Å²) in [5.41, 5.74) is 2.47. The summed E-state index contributed by atoms with van der Waals surface area (Å²) in [6, 6.07) is 7.77. The highest BCUT2D eigenvalue weighted by molar-refractivity contribution is 5.16. The number of rotatable bonds is 5. The minimum Gasteiger partial charge on any atom is -0.361 e. The maximum absolute atomic E-state index is 5.49. The fraction of sp³-hybridized carbons (Fsp3) is 0.556. The molecule has 6 rings (SSSR count). The molecule has 2 unspecified atom stereocenters. The first-order chi connectivity index (χ1) is 11.3. The van der Waals surface area contributed by atoms with Gasteiger partial charge in [0.15, 0.2) is 0 Å². The van der Waals surface area contributed by atoms with Gasteiger partial charge in [-0.15, -0.1) is 0 Å². The van der Waals surface area contributed by atoms with Crippen molar-refractivity contribution in [1.82, 2.24) is 19.9 Å². The smallest absolute Gasteiger partial charge is 0.140 e. The lowest BCUT2D eigenvalue weighted by molar-refractivity contribution is -0.0784. The molecule has 3 aliphatic heterocycles. The van der Waals surface area contributed by atoms with Crippen LogP contribution in [0.25, 0.3) is 0 Å². The maximum Gasteiger partial charge on any atom is 0.140 e. The summed E-state index contributed by atoms with van der Waals surface area (Å²) >= 11 is 0. The van der Waals surface area contributed by atoms with E-state index in [1.54, 1.807) is 0 Å². The van der Waals surface area contributed by atoms with Crippen molar-refractivity contribution in [2.45, 2.75) is 50.4 Å². The van der Waals surface area contributed by atoms with Crippen LogP contribution in [0, 0.1) is 0 Å². The van der Waals surface area contributed by atoms with Gasteiger partial charge < -0.3 is 4.52 Å². The third kappa shape index (κ3) is 2.68. The van der Waals surface area contributed by atoms with E-state index in [4.69, 9.17) is 4.52 Å². The molecule has 2 aromatic rings. The van der Waals surface area contributed by atoms with Crippen molar-refractivity contribution in [2.75, 3.05) is 13.1 Å². The van der Waals surface area contributed by atoms with Crippen molar-refractivity contribution in [2.24, 2.45) is 0 Å². The number of piperidine rings is 1. The Kier molecular flexibility index (Phi) is 3.23. The van der Waals surface area contributed by atoms with Crippen LogP contribution < -0.4 is 0 Å². The number of piperazine rings is 1. The summed E-state index contributed by atoms with van der Waals surface area (Å²) in [4.78, 5) is 9.28. The number of aromatic nitrogens is 2. The summed E-state index contributed by atoms with van der Waals surface area (Å²) in [6.45, 7) is 4.31. The Hall–Kier alpha value is -1.72. The van der Waals surface area contributed by atoms with E-state index < -0.39 is 0 Å². The molecule has 0 spiro atoms. The highest BCUT2D eigenvalue weighted by Crippen LogP contribution is 2.41. The van der Waals surface area contributed by atoms with Gasteiger partial charge in [-0.3, -0.25) is 14.8 Å². The van der Waals surface area contributed by atoms with Gasteiger partial charge in [-0.25, -0.2) is 0 Å². The molecule has 120 valence electrons. The van der Waals surface area contributed by atoms with Crippen molar-refractivity contribution in [3.8, 4) is 0 Å². The topological polar surface area (TPSA) is 45.4 Å². The third-order valence-electron chi connectivity index (χ3n) is 5.48. The lowest BCUT2D eigenvalue weighted by Gasteiger charge is -2.56. The Morgan fingerprint density at radius 3 is 2.61 bits per heavy atom. The highest BCUT2D eigenvalue weighted by Gasteiger charge is 2.44. The van der Waals surface area contributed by atoms with Crippen LogP contribution in [0.4, 0.5) is 0 Å². The summed E-state index contributed by atoms with van der Waals surface area (Å²) in [5, 5.41) is 4.28. The highest BCUT2D eigenvalue weighted by atomic mass is 16.5. The molecule has 4 fully saturated rings. The number of nitrogens with zero attached hydrogens (tertiary/aromatic N) is 4. The van der Waals surface area contributed by atoms with Crippen LogP contribution in [0.5, 0.6) is 0 Å². The number of hydrogen-bond acceptors (Lipinski definition) is 5. The second-order valence-corrected chi connectivity index (χ2v) is 7.26. The minimum absolute atomic E-state index is 0.656. The van der Waals surface area contributed by atoms with Gasteiger partial charge in [0.25, 0.3) is 0 Å². The molecule has 0 N–H and O–H groups in total. The van der Waals surface area contributed by atoms with Gasteiger partial charge >= 0.3 is 0 Å². The van der Waals surface area contributed by atoms with Gasteiger partial charge in [-0.2, -0.15) is 0 Å². The largest absolute Gasteiger partial charge is 0.361 e. The standard InChI is InChI=1S/C18H22N4O/c1-2-14(1)18-7-15(20-23-18)10-22-16-8-17(22)12-21(11-16)9-13-3-5-19-6-4-13/h3-7,14,16-17H,1-2,8-12H2. The molecule has 0 amide bonds. The molecule has 5 heteroatoms. The Morgan fingerprint density at radius 1 is 1.09 bits per heavy atom. The molecule has 0 radical (unpaired) electrons. The van der Waals surface area contributed by atoms with E-state index in [-0.39, 0.29) is 0 Å². The van der Waals surface area contributed by atoms with E-state index in [1.165, 1.54) is 24.8 Å². The van der Waals surface area contributed by atoms with Gasteiger partial charge in [-0.1, -0.05) is 5.16 Å².